The number of carbonyl (C=O) groups is 2. The zero-order chi connectivity index (χ0) is 12.8. The van der Waals surface area contributed by atoms with Crippen molar-refractivity contribution < 1.29 is 14.7 Å². The van der Waals surface area contributed by atoms with Gasteiger partial charge in [0.15, 0.2) is 0 Å². The lowest BCUT2D eigenvalue weighted by atomic mass is 9.92. The third-order valence-corrected chi connectivity index (χ3v) is 2.65. The van der Waals surface area contributed by atoms with Crippen LogP contribution in [0.4, 0.5) is 0 Å². The summed E-state index contributed by atoms with van der Waals surface area (Å²) in [5, 5.41) is 11.5. The van der Waals surface area contributed by atoms with Gasteiger partial charge in [0.2, 0.25) is 5.91 Å². The minimum absolute atomic E-state index is 0.0922. The third kappa shape index (κ3) is 3.24. The van der Waals surface area contributed by atoms with Gasteiger partial charge in [-0.25, -0.2) is 4.79 Å². The Labute approximate surface area is 95.4 Å². The molecule has 90 valence electrons. The molecule has 0 saturated heterocycles. The maximum absolute atomic E-state index is 11.6. The van der Waals surface area contributed by atoms with Crippen LogP contribution in [0, 0.1) is 12.3 Å². The second kappa shape index (κ2) is 6.13. The number of terminal acetylenes is 1. The number of carboxylic acid groups (broad SMARTS) is 1. The molecule has 0 bridgehead atoms. The summed E-state index contributed by atoms with van der Waals surface area (Å²) in [5.74, 6) is 0.685. The summed E-state index contributed by atoms with van der Waals surface area (Å²) in [7, 11) is 0. The van der Waals surface area contributed by atoms with E-state index in [-0.39, 0.29) is 6.42 Å². The maximum Gasteiger partial charge on any atom is 0.329 e. The largest absolute Gasteiger partial charge is 0.480 e. The molecule has 5 nitrogen and oxygen atoms in total. The van der Waals surface area contributed by atoms with Crippen molar-refractivity contribution in [2.45, 2.75) is 44.7 Å². The van der Waals surface area contributed by atoms with E-state index in [1.165, 1.54) is 0 Å². The van der Waals surface area contributed by atoms with E-state index >= 15 is 0 Å². The SMILES string of the molecule is C#CCC(N)C(=O)NC(CC)(CC)C(=O)O. The Morgan fingerprint density at radius 3 is 2.31 bits per heavy atom. The van der Waals surface area contributed by atoms with Crippen LogP contribution >= 0.6 is 0 Å². The number of rotatable bonds is 6. The topological polar surface area (TPSA) is 92.4 Å². The normalized spacial score (nSPS) is 12.6. The summed E-state index contributed by atoms with van der Waals surface area (Å²) in [4.78, 5) is 22.7. The second-order valence-electron chi connectivity index (χ2n) is 3.60. The molecule has 0 aliphatic rings. The minimum Gasteiger partial charge on any atom is -0.480 e. The van der Waals surface area contributed by atoms with E-state index in [1.807, 2.05) is 0 Å². The molecule has 0 saturated carbocycles. The lowest BCUT2D eigenvalue weighted by molar-refractivity contribution is -0.148. The quantitative estimate of drug-likeness (QED) is 0.560. The molecule has 1 unspecified atom stereocenters. The van der Waals surface area contributed by atoms with Gasteiger partial charge in [0, 0.05) is 6.42 Å². The fraction of sp³-hybridized carbons (Fsp3) is 0.636. The zero-order valence-corrected chi connectivity index (χ0v) is 9.62. The van der Waals surface area contributed by atoms with Gasteiger partial charge in [-0.05, 0) is 12.8 Å². The van der Waals surface area contributed by atoms with Crippen molar-refractivity contribution >= 4 is 11.9 Å². The first-order valence-electron chi connectivity index (χ1n) is 5.18. The number of nitrogens with one attached hydrogen (secondary N) is 1. The number of carbonyl (C=O) groups excluding carboxylic acids is 1. The zero-order valence-electron chi connectivity index (χ0n) is 9.62. The summed E-state index contributed by atoms with van der Waals surface area (Å²) in [6, 6.07) is -0.859. The summed E-state index contributed by atoms with van der Waals surface area (Å²) >= 11 is 0. The van der Waals surface area contributed by atoms with Gasteiger partial charge < -0.3 is 16.2 Å². The van der Waals surface area contributed by atoms with Crippen molar-refractivity contribution in [3.63, 3.8) is 0 Å². The van der Waals surface area contributed by atoms with Gasteiger partial charge in [0.1, 0.15) is 5.54 Å². The lowest BCUT2D eigenvalue weighted by Gasteiger charge is -2.29. The van der Waals surface area contributed by atoms with Crippen LogP contribution < -0.4 is 11.1 Å². The van der Waals surface area contributed by atoms with Gasteiger partial charge in [-0.15, -0.1) is 12.3 Å². The van der Waals surface area contributed by atoms with Crippen molar-refractivity contribution in [1.82, 2.24) is 5.32 Å². The highest BCUT2D eigenvalue weighted by Crippen LogP contribution is 2.15. The minimum atomic E-state index is -1.25. The van der Waals surface area contributed by atoms with Crippen molar-refractivity contribution in [2.24, 2.45) is 5.73 Å². The molecular weight excluding hydrogens is 208 g/mol. The summed E-state index contributed by atoms with van der Waals surface area (Å²) in [5.41, 5.74) is 4.25. The van der Waals surface area contributed by atoms with Gasteiger partial charge in [0.25, 0.3) is 0 Å². The van der Waals surface area contributed by atoms with E-state index in [1.54, 1.807) is 13.8 Å². The first-order chi connectivity index (χ1) is 7.43. The molecule has 0 heterocycles. The van der Waals surface area contributed by atoms with Crippen LogP contribution in [0.3, 0.4) is 0 Å². The van der Waals surface area contributed by atoms with Crippen LogP contribution in [0.15, 0.2) is 0 Å². The standard InChI is InChI=1S/C11H18N2O3/c1-4-7-8(12)9(14)13-11(5-2,6-3)10(15)16/h1,8H,5-7,12H2,2-3H3,(H,13,14)(H,15,16). The van der Waals surface area contributed by atoms with Crippen LogP contribution in [0.25, 0.3) is 0 Å². The van der Waals surface area contributed by atoms with Gasteiger partial charge in [-0.3, -0.25) is 4.79 Å². The number of carboxylic acids is 1. The Morgan fingerprint density at radius 1 is 1.50 bits per heavy atom. The number of hydrogen-bond acceptors (Lipinski definition) is 3. The van der Waals surface area contributed by atoms with E-state index < -0.39 is 23.5 Å². The highest BCUT2D eigenvalue weighted by atomic mass is 16.4. The number of aliphatic carboxylic acids is 1. The molecular formula is C11H18N2O3. The summed E-state index contributed by atoms with van der Waals surface area (Å²) in [6.07, 6.45) is 5.72. The number of hydrogen-bond donors (Lipinski definition) is 3. The lowest BCUT2D eigenvalue weighted by Crippen LogP contribution is -2.57. The van der Waals surface area contributed by atoms with Crippen molar-refractivity contribution in [1.29, 1.82) is 0 Å². The van der Waals surface area contributed by atoms with E-state index in [0.717, 1.165) is 0 Å². The fourth-order valence-electron chi connectivity index (χ4n) is 1.33. The van der Waals surface area contributed by atoms with Gasteiger partial charge in [-0.2, -0.15) is 0 Å². The molecule has 0 aliphatic heterocycles. The van der Waals surface area contributed by atoms with Gasteiger partial charge in [0.05, 0.1) is 6.04 Å². The smallest absolute Gasteiger partial charge is 0.329 e. The van der Waals surface area contributed by atoms with Crippen LogP contribution in [-0.4, -0.2) is 28.6 Å². The average Bonchev–Trinajstić information content (AvgIpc) is 2.25. The van der Waals surface area contributed by atoms with E-state index in [2.05, 4.69) is 11.2 Å². The van der Waals surface area contributed by atoms with Crippen LogP contribution in [0.5, 0.6) is 0 Å². The molecule has 5 heteroatoms. The Hall–Kier alpha value is -1.54. The molecule has 0 aliphatic carbocycles. The molecule has 0 radical (unpaired) electrons. The number of nitrogens with two attached hydrogens (primary N) is 1. The summed E-state index contributed by atoms with van der Waals surface area (Å²) in [6.45, 7) is 3.40. The molecule has 0 spiro atoms. The van der Waals surface area contributed by atoms with Gasteiger partial charge >= 0.3 is 5.97 Å². The van der Waals surface area contributed by atoms with Gasteiger partial charge in [-0.1, -0.05) is 13.8 Å². The average molecular weight is 226 g/mol. The number of amides is 1. The molecule has 0 fully saturated rings. The van der Waals surface area contributed by atoms with Crippen LogP contribution in [0.2, 0.25) is 0 Å². The fourth-order valence-corrected chi connectivity index (χ4v) is 1.33. The van der Waals surface area contributed by atoms with E-state index in [0.29, 0.717) is 12.8 Å². The Morgan fingerprint density at radius 2 is 2.00 bits per heavy atom. The monoisotopic (exact) mass is 226 g/mol. The molecule has 1 atom stereocenters. The molecule has 4 N–H and O–H groups in total. The Balaban J connectivity index is 4.72. The van der Waals surface area contributed by atoms with Crippen molar-refractivity contribution in [3.05, 3.63) is 0 Å². The van der Waals surface area contributed by atoms with Crippen LogP contribution in [-0.2, 0) is 9.59 Å². The van der Waals surface area contributed by atoms with E-state index in [9.17, 15) is 9.59 Å². The first kappa shape index (κ1) is 14.5. The molecule has 0 rings (SSSR count). The predicted molar refractivity (Wildman–Crippen MR) is 60.5 cm³/mol. The van der Waals surface area contributed by atoms with Crippen LogP contribution in [0.1, 0.15) is 33.1 Å². The Kier molecular flexibility index (Phi) is 5.54. The molecule has 0 aromatic heterocycles. The highest BCUT2D eigenvalue weighted by molar-refractivity contribution is 5.89. The van der Waals surface area contributed by atoms with Crippen molar-refractivity contribution in [3.8, 4) is 12.3 Å². The summed E-state index contributed by atoms with van der Waals surface area (Å²) < 4.78 is 0. The molecule has 16 heavy (non-hydrogen) atoms. The molecule has 0 aromatic carbocycles. The molecule has 1 amide bonds. The maximum atomic E-state index is 11.6. The second-order valence-corrected chi connectivity index (χ2v) is 3.60. The highest BCUT2D eigenvalue weighted by Gasteiger charge is 2.37. The third-order valence-electron chi connectivity index (χ3n) is 2.65. The first-order valence-corrected chi connectivity index (χ1v) is 5.18. The Bertz CT molecular complexity index is 303. The van der Waals surface area contributed by atoms with E-state index in [4.69, 9.17) is 17.3 Å². The predicted octanol–water partition coefficient (Wildman–Crippen LogP) is 0.0966. The molecule has 0 aromatic rings. The van der Waals surface area contributed by atoms with Crippen molar-refractivity contribution in [2.75, 3.05) is 0 Å².